The van der Waals surface area contributed by atoms with Crippen molar-refractivity contribution in [1.29, 1.82) is 0 Å². The summed E-state index contributed by atoms with van der Waals surface area (Å²) in [5.74, 6) is 0. The monoisotopic (exact) mass is 323 g/mol. The predicted octanol–water partition coefficient (Wildman–Crippen LogP) is 4.04. The first kappa shape index (κ1) is 16.4. The van der Waals surface area contributed by atoms with E-state index in [0.29, 0.717) is 6.54 Å². The third-order valence-electron chi connectivity index (χ3n) is 4.34. The zero-order valence-electron chi connectivity index (χ0n) is 14.0. The Bertz CT molecular complexity index is 657. The van der Waals surface area contributed by atoms with Crippen molar-refractivity contribution in [2.75, 3.05) is 29.9 Å². The average Bonchev–Trinajstić information content (AvgIpc) is 2.85. The maximum atomic E-state index is 12.5. The van der Waals surface area contributed by atoms with E-state index in [2.05, 4.69) is 28.8 Å². The summed E-state index contributed by atoms with van der Waals surface area (Å²) in [5.41, 5.74) is 3.45. The number of carbonyl (C=O) groups is 1. The molecule has 0 saturated carbocycles. The van der Waals surface area contributed by atoms with Gasteiger partial charge in [-0.1, -0.05) is 36.4 Å². The Hall–Kier alpha value is -2.49. The van der Waals surface area contributed by atoms with E-state index in [-0.39, 0.29) is 6.03 Å². The van der Waals surface area contributed by atoms with E-state index in [1.165, 1.54) is 5.56 Å². The zero-order chi connectivity index (χ0) is 16.6. The molecule has 0 spiro atoms. The van der Waals surface area contributed by atoms with Gasteiger partial charge in [0, 0.05) is 31.0 Å². The topological polar surface area (TPSA) is 44.4 Å². The minimum atomic E-state index is 0.0176. The highest BCUT2D eigenvalue weighted by molar-refractivity contribution is 5.92. The second-order valence-electron chi connectivity index (χ2n) is 6.12. The molecule has 1 aliphatic heterocycles. The van der Waals surface area contributed by atoms with Crippen LogP contribution in [0.5, 0.6) is 0 Å². The molecule has 1 aliphatic rings. The number of nitrogens with one attached hydrogen (secondary N) is 2. The van der Waals surface area contributed by atoms with Crippen LogP contribution in [0.4, 0.5) is 16.2 Å². The lowest BCUT2D eigenvalue weighted by Gasteiger charge is -2.23. The van der Waals surface area contributed by atoms with E-state index < -0.39 is 0 Å². The van der Waals surface area contributed by atoms with E-state index in [4.69, 9.17) is 0 Å². The van der Waals surface area contributed by atoms with Crippen LogP contribution >= 0.6 is 0 Å². The third-order valence-corrected chi connectivity index (χ3v) is 4.34. The molecule has 0 bridgehead atoms. The lowest BCUT2D eigenvalue weighted by atomic mass is 10.1. The summed E-state index contributed by atoms with van der Waals surface area (Å²) in [6.45, 7) is 2.32. The average molecular weight is 323 g/mol. The van der Waals surface area contributed by atoms with Crippen molar-refractivity contribution in [1.82, 2.24) is 5.32 Å². The highest BCUT2D eigenvalue weighted by Crippen LogP contribution is 2.25. The van der Waals surface area contributed by atoms with E-state index in [0.717, 1.165) is 50.1 Å². The van der Waals surface area contributed by atoms with Gasteiger partial charge in [-0.05, 0) is 49.4 Å². The largest absolute Gasteiger partial charge is 0.385 e. The van der Waals surface area contributed by atoms with E-state index in [1.807, 2.05) is 41.3 Å². The van der Waals surface area contributed by atoms with Crippen LogP contribution in [0.25, 0.3) is 0 Å². The van der Waals surface area contributed by atoms with Gasteiger partial charge in [0.25, 0.3) is 0 Å². The summed E-state index contributed by atoms with van der Waals surface area (Å²) in [4.78, 5) is 14.4. The molecule has 1 heterocycles. The second kappa shape index (κ2) is 8.39. The van der Waals surface area contributed by atoms with Crippen molar-refractivity contribution in [3.63, 3.8) is 0 Å². The quantitative estimate of drug-likeness (QED) is 0.816. The highest BCUT2D eigenvalue weighted by Gasteiger charge is 2.20. The fraction of sp³-hybridized carbons (Fsp3) is 0.350. The summed E-state index contributed by atoms with van der Waals surface area (Å²) < 4.78 is 0. The third kappa shape index (κ3) is 4.28. The molecule has 2 aromatic rings. The van der Waals surface area contributed by atoms with E-state index >= 15 is 0 Å². The highest BCUT2D eigenvalue weighted by atomic mass is 16.2. The number of fused-ring (bicyclic) bond motifs is 1. The molecule has 0 aromatic heterocycles. The van der Waals surface area contributed by atoms with Crippen LogP contribution in [-0.2, 0) is 6.42 Å². The molecule has 0 saturated heterocycles. The lowest BCUT2D eigenvalue weighted by Crippen LogP contribution is -2.41. The lowest BCUT2D eigenvalue weighted by molar-refractivity contribution is 0.246. The Morgan fingerprint density at radius 1 is 0.958 bits per heavy atom. The zero-order valence-corrected chi connectivity index (χ0v) is 14.0. The Balaban J connectivity index is 1.47. The minimum absolute atomic E-state index is 0.0176. The van der Waals surface area contributed by atoms with Gasteiger partial charge < -0.3 is 10.6 Å². The molecule has 0 unspecified atom stereocenters. The van der Waals surface area contributed by atoms with Gasteiger partial charge in [-0.3, -0.25) is 4.90 Å². The van der Waals surface area contributed by atoms with Gasteiger partial charge in [-0.25, -0.2) is 4.79 Å². The Morgan fingerprint density at radius 2 is 1.75 bits per heavy atom. The molecule has 0 fully saturated rings. The number of amides is 2. The number of carbonyl (C=O) groups excluding carboxylic acids is 1. The summed E-state index contributed by atoms with van der Waals surface area (Å²) in [6.07, 6.45) is 4.15. The fourth-order valence-electron chi connectivity index (χ4n) is 3.07. The molecular formula is C20H25N3O. The number of aryl methyl sites for hydroxylation is 1. The van der Waals surface area contributed by atoms with Gasteiger partial charge in [-0.15, -0.1) is 0 Å². The van der Waals surface area contributed by atoms with Gasteiger partial charge in [0.2, 0.25) is 0 Å². The van der Waals surface area contributed by atoms with Gasteiger partial charge in [-0.2, -0.15) is 0 Å². The normalized spacial score (nSPS) is 13.8. The number of rotatable bonds is 5. The number of hydrogen-bond acceptors (Lipinski definition) is 2. The Kier molecular flexibility index (Phi) is 5.72. The number of nitrogens with zero attached hydrogens (tertiary/aromatic N) is 1. The van der Waals surface area contributed by atoms with Crippen molar-refractivity contribution < 1.29 is 4.79 Å². The SMILES string of the molecule is O=C(NCCCNc1ccccc1)N1CCCCc2ccccc21. The van der Waals surface area contributed by atoms with Crippen LogP contribution in [0.3, 0.4) is 0 Å². The van der Waals surface area contributed by atoms with Crippen LogP contribution in [0.15, 0.2) is 54.6 Å². The summed E-state index contributed by atoms with van der Waals surface area (Å²) in [7, 11) is 0. The first-order chi connectivity index (χ1) is 11.8. The number of anilines is 2. The summed E-state index contributed by atoms with van der Waals surface area (Å²) in [6, 6.07) is 18.4. The molecule has 126 valence electrons. The first-order valence-electron chi connectivity index (χ1n) is 8.77. The molecule has 0 aliphatic carbocycles. The van der Waals surface area contributed by atoms with Gasteiger partial charge in [0.05, 0.1) is 0 Å². The molecule has 4 heteroatoms. The van der Waals surface area contributed by atoms with Crippen molar-refractivity contribution in [3.8, 4) is 0 Å². The maximum absolute atomic E-state index is 12.5. The molecule has 0 radical (unpaired) electrons. The minimum Gasteiger partial charge on any atom is -0.385 e. The molecule has 3 rings (SSSR count). The standard InChI is InChI=1S/C20H25N3O/c24-20(22-15-8-14-21-18-11-2-1-3-12-18)23-16-7-6-10-17-9-4-5-13-19(17)23/h1-5,9,11-13,21H,6-8,10,14-16H2,(H,22,24). The molecular weight excluding hydrogens is 298 g/mol. The second-order valence-corrected chi connectivity index (χ2v) is 6.12. The molecule has 2 aromatic carbocycles. The predicted molar refractivity (Wildman–Crippen MR) is 99.7 cm³/mol. The summed E-state index contributed by atoms with van der Waals surface area (Å²) in [5, 5.41) is 6.41. The van der Waals surface area contributed by atoms with Crippen LogP contribution < -0.4 is 15.5 Å². The van der Waals surface area contributed by atoms with Crippen molar-refractivity contribution in [2.24, 2.45) is 0 Å². The van der Waals surface area contributed by atoms with E-state index in [9.17, 15) is 4.79 Å². The Labute approximate surface area is 143 Å². The number of urea groups is 1. The van der Waals surface area contributed by atoms with Gasteiger partial charge >= 0.3 is 6.03 Å². The van der Waals surface area contributed by atoms with Gasteiger partial charge in [0.15, 0.2) is 0 Å². The van der Waals surface area contributed by atoms with Crippen LogP contribution in [0.2, 0.25) is 0 Å². The molecule has 24 heavy (non-hydrogen) atoms. The van der Waals surface area contributed by atoms with Crippen LogP contribution in [0.1, 0.15) is 24.8 Å². The van der Waals surface area contributed by atoms with Crippen molar-refractivity contribution >= 4 is 17.4 Å². The van der Waals surface area contributed by atoms with Crippen molar-refractivity contribution in [2.45, 2.75) is 25.7 Å². The van der Waals surface area contributed by atoms with Crippen molar-refractivity contribution in [3.05, 3.63) is 60.2 Å². The Morgan fingerprint density at radius 3 is 2.62 bits per heavy atom. The molecule has 4 nitrogen and oxygen atoms in total. The number of para-hydroxylation sites is 2. The smallest absolute Gasteiger partial charge is 0.321 e. The van der Waals surface area contributed by atoms with Gasteiger partial charge in [0.1, 0.15) is 0 Å². The number of hydrogen-bond donors (Lipinski definition) is 2. The maximum Gasteiger partial charge on any atom is 0.321 e. The van der Waals surface area contributed by atoms with E-state index in [1.54, 1.807) is 0 Å². The first-order valence-corrected chi connectivity index (χ1v) is 8.77. The molecule has 0 atom stereocenters. The number of benzene rings is 2. The summed E-state index contributed by atoms with van der Waals surface area (Å²) >= 11 is 0. The van der Waals surface area contributed by atoms with Crippen LogP contribution in [0, 0.1) is 0 Å². The molecule has 2 N–H and O–H groups in total. The van der Waals surface area contributed by atoms with Crippen LogP contribution in [-0.4, -0.2) is 25.7 Å². The fourth-order valence-corrected chi connectivity index (χ4v) is 3.07. The molecule has 2 amide bonds.